The van der Waals surface area contributed by atoms with Gasteiger partial charge in [-0.2, -0.15) is 0 Å². The fourth-order valence-electron chi connectivity index (χ4n) is 3.31. The van der Waals surface area contributed by atoms with Gasteiger partial charge in [0.15, 0.2) is 0 Å². The highest BCUT2D eigenvalue weighted by Crippen LogP contribution is 2.39. The van der Waals surface area contributed by atoms with Crippen molar-refractivity contribution in [2.75, 3.05) is 0 Å². The molecule has 0 aromatic heterocycles. The summed E-state index contributed by atoms with van der Waals surface area (Å²) in [5.41, 5.74) is 3.70. The molecular weight excluding hydrogens is 246 g/mol. The highest BCUT2D eigenvalue weighted by atomic mass is 19.3. The number of carbonyl (C=O) groups excluding carboxylic acids is 1. The third-order valence-electron chi connectivity index (χ3n) is 4.40. The van der Waals surface area contributed by atoms with Crippen molar-refractivity contribution < 1.29 is 13.6 Å². The molecule has 0 saturated heterocycles. The molecule has 0 heterocycles. The van der Waals surface area contributed by atoms with Crippen molar-refractivity contribution in [1.29, 1.82) is 0 Å². The zero-order valence-corrected chi connectivity index (χ0v) is 10.9. The number of fused-ring (bicyclic) bond motifs is 1. The molecule has 2 aliphatic rings. The number of ketones is 1. The normalized spacial score (nSPS) is 24.4. The molecule has 1 nitrogen and oxygen atoms in total. The van der Waals surface area contributed by atoms with E-state index in [2.05, 4.69) is 12.1 Å². The van der Waals surface area contributed by atoms with Crippen LogP contribution in [-0.2, 0) is 24.1 Å². The smallest absolute Gasteiger partial charge is 0.248 e. The van der Waals surface area contributed by atoms with Gasteiger partial charge in [-0.25, -0.2) is 8.78 Å². The molecule has 0 bridgehead atoms. The van der Waals surface area contributed by atoms with Gasteiger partial charge in [-0.1, -0.05) is 18.2 Å². The van der Waals surface area contributed by atoms with E-state index in [1.807, 2.05) is 6.07 Å². The molecule has 1 unspecified atom stereocenters. The summed E-state index contributed by atoms with van der Waals surface area (Å²) in [4.78, 5) is 12.1. The molecule has 0 N–H and O–H groups in total. The summed E-state index contributed by atoms with van der Waals surface area (Å²) < 4.78 is 26.2. The predicted molar refractivity (Wildman–Crippen MR) is 69.5 cm³/mol. The Hall–Kier alpha value is -1.25. The second kappa shape index (κ2) is 4.69. The van der Waals surface area contributed by atoms with Crippen LogP contribution < -0.4 is 0 Å². The lowest BCUT2D eigenvalue weighted by atomic mass is 9.95. The fourth-order valence-corrected chi connectivity index (χ4v) is 3.31. The van der Waals surface area contributed by atoms with Crippen molar-refractivity contribution in [3.8, 4) is 0 Å². The molecule has 1 atom stereocenters. The lowest BCUT2D eigenvalue weighted by Crippen LogP contribution is -2.17. The molecular formula is C16H18F2O. The molecule has 1 aromatic carbocycles. The van der Waals surface area contributed by atoms with Crippen molar-refractivity contribution in [1.82, 2.24) is 0 Å². The largest absolute Gasteiger partial charge is 0.299 e. The first-order chi connectivity index (χ1) is 9.03. The number of aryl methyl sites for hydroxylation is 2. The molecule has 0 aliphatic heterocycles. The fraction of sp³-hybridized carbons (Fsp3) is 0.562. The summed E-state index contributed by atoms with van der Waals surface area (Å²) in [5.74, 6) is -3.09. The summed E-state index contributed by atoms with van der Waals surface area (Å²) in [6.07, 6.45) is 3.66. The van der Waals surface area contributed by atoms with Crippen molar-refractivity contribution in [2.24, 2.45) is 5.92 Å². The van der Waals surface area contributed by atoms with E-state index >= 15 is 0 Å². The predicted octanol–water partition coefficient (Wildman–Crippen LogP) is 3.72. The Morgan fingerprint density at radius 2 is 2.05 bits per heavy atom. The van der Waals surface area contributed by atoms with E-state index < -0.39 is 11.8 Å². The van der Waals surface area contributed by atoms with Crippen LogP contribution in [0.25, 0.3) is 0 Å². The van der Waals surface area contributed by atoms with Gasteiger partial charge >= 0.3 is 0 Å². The second-order valence-corrected chi connectivity index (χ2v) is 5.90. The van der Waals surface area contributed by atoms with Crippen LogP contribution in [0, 0.1) is 5.92 Å². The number of hydrogen-bond donors (Lipinski definition) is 0. The maximum Gasteiger partial charge on any atom is 0.248 e. The number of alkyl halides is 2. The Bertz CT molecular complexity index is 507. The minimum absolute atomic E-state index is 0.0184. The Balaban J connectivity index is 1.67. The van der Waals surface area contributed by atoms with E-state index in [1.165, 1.54) is 17.5 Å². The Morgan fingerprint density at radius 1 is 1.26 bits per heavy atom. The van der Waals surface area contributed by atoms with E-state index in [4.69, 9.17) is 0 Å². The number of Topliss-reactive ketones (excluding diaryl/α,β-unsaturated/α-hetero) is 1. The molecule has 1 aromatic rings. The van der Waals surface area contributed by atoms with Gasteiger partial charge in [0.2, 0.25) is 5.92 Å². The van der Waals surface area contributed by atoms with Crippen molar-refractivity contribution in [3.63, 3.8) is 0 Å². The molecule has 19 heavy (non-hydrogen) atoms. The molecule has 102 valence electrons. The Kier molecular flexibility index (Phi) is 3.15. The highest BCUT2D eigenvalue weighted by molar-refractivity contribution is 5.83. The number of benzene rings is 1. The number of halogens is 2. The Morgan fingerprint density at radius 3 is 2.79 bits per heavy atom. The summed E-state index contributed by atoms with van der Waals surface area (Å²) >= 11 is 0. The first-order valence-electron chi connectivity index (χ1n) is 7.05. The van der Waals surface area contributed by atoms with Gasteiger partial charge in [0.25, 0.3) is 0 Å². The van der Waals surface area contributed by atoms with Crippen molar-refractivity contribution >= 4 is 5.78 Å². The van der Waals surface area contributed by atoms with Gasteiger partial charge < -0.3 is 0 Å². The number of rotatable bonds is 3. The summed E-state index contributed by atoms with van der Waals surface area (Å²) in [6.45, 7) is 0. The van der Waals surface area contributed by atoms with Gasteiger partial charge in [0, 0.05) is 25.2 Å². The molecule has 1 fully saturated rings. The maximum atomic E-state index is 13.1. The van der Waals surface area contributed by atoms with Crippen LogP contribution in [-0.4, -0.2) is 11.7 Å². The van der Waals surface area contributed by atoms with E-state index in [1.54, 1.807) is 0 Å². The number of hydrogen-bond acceptors (Lipinski definition) is 1. The lowest BCUT2D eigenvalue weighted by Gasteiger charge is -2.10. The molecule has 0 spiro atoms. The second-order valence-electron chi connectivity index (χ2n) is 5.90. The third kappa shape index (κ3) is 2.70. The van der Waals surface area contributed by atoms with Crippen LogP contribution >= 0.6 is 0 Å². The zero-order valence-electron chi connectivity index (χ0n) is 10.9. The van der Waals surface area contributed by atoms with Crippen molar-refractivity contribution in [3.05, 3.63) is 34.9 Å². The average Bonchev–Trinajstić information content (AvgIpc) is 2.94. The van der Waals surface area contributed by atoms with Gasteiger partial charge in [-0.15, -0.1) is 0 Å². The van der Waals surface area contributed by atoms with E-state index in [0.717, 1.165) is 18.4 Å². The van der Waals surface area contributed by atoms with Crippen LogP contribution in [0.3, 0.4) is 0 Å². The lowest BCUT2D eigenvalue weighted by molar-refractivity contribution is -0.123. The Labute approximate surface area is 112 Å². The molecule has 0 amide bonds. The van der Waals surface area contributed by atoms with Crippen LogP contribution in [0.15, 0.2) is 18.2 Å². The third-order valence-corrected chi connectivity index (χ3v) is 4.40. The van der Waals surface area contributed by atoms with Gasteiger partial charge in [0.1, 0.15) is 5.78 Å². The van der Waals surface area contributed by atoms with E-state index in [-0.39, 0.29) is 18.6 Å². The van der Waals surface area contributed by atoms with Crippen LogP contribution in [0.5, 0.6) is 0 Å². The van der Waals surface area contributed by atoms with Crippen LogP contribution in [0.1, 0.15) is 42.4 Å². The quantitative estimate of drug-likeness (QED) is 0.813. The topological polar surface area (TPSA) is 17.1 Å². The molecule has 3 rings (SSSR count). The van der Waals surface area contributed by atoms with Crippen LogP contribution in [0.2, 0.25) is 0 Å². The monoisotopic (exact) mass is 264 g/mol. The minimum atomic E-state index is -2.63. The molecule has 1 saturated carbocycles. The van der Waals surface area contributed by atoms with Gasteiger partial charge in [-0.3, -0.25) is 4.79 Å². The van der Waals surface area contributed by atoms with E-state index in [9.17, 15) is 13.6 Å². The molecule has 2 aliphatic carbocycles. The molecule has 0 radical (unpaired) electrons. The average molecular weight is 264 g/mol. The highest BCUT2D eigenvalue weighted by Gasteiger charge is 2.42. The standard InChI is InChI=1S/C16H18F2O/c17-16(18)7-6-14(10-16)15(19)9-11-4-5-12-2-1-3-13(12)8-11/h4-5,8,14H,1-3,6-7,9-10H2. The van der Waals surface area contributed by atoms with Gasteiger partial charge in [-0.05, 0) is 42.4 Å². The SMILES string of the molecule is O=C(Cc1ccc2c(c1)CCC2)C1CCC(F)(F)C1. The maximum absolute atomic E-state index is 13.1. The summed E-state index contributed by atoms with van der Waals surface area (Å²) in [5, 5.41) is 0. The van der Waals surface area contributed by atoms with Crippen LogP contribution in [0.4, 0.5) is 8.78 Å². The zero-order chi connectivity index (χ0) is 13.5. The van der Waals surface area contributed by atoms with E-state index in [0.29, 0.717) is 12.8 Å². The van der Waals surface area contributed by atoms with Gasteiger partial charge in [0.05, 0.1) is 0 Å². The first-order valence-corrected chi connectivity index (χ1v) is 7.05. The number of carbonyl (C=O) groups is 1. The summed E-state index contributed by atoms with van der Waals surface area (Å²) in [6, 6.07) is 6.16. The first kappa shape index (κ1) is 12.8. The summed E-state index contributed by atoms with van der Waals surface area (Å²) in [7, 11) is 0. The molecule has 3 heteroatoms. The minimum Gasteiger partial charge on any atom is -0.299 e. The van der Waals surface area contributed by atoms with Crippen molar-refractivity contribution in [2.45, 2.75) is 50.9 Å².